The Labute approximate surface area is 118 Å². The molecule has 0 bridgehead atoms. The molecule has 0 saturated heterocycles. The number of nitrogens with one attached hydrogen (secondary N) is 2. The first-order chi connectivity index (χ1) is 9.47. The molecule has 8 nitrogen and oxygen atoms in total. The maximum Gasteiger partial charge on any atom is 0.317 e. The molecule has 0 spiro atoms. The van der Waals surface area contributed by atoms with Crippen molar-refractivity contribution < 1.29 is 24.2 Å². The second kappa shape index (κ2) is 11.0. The summed E-state index contributed by atoms with van der Waals surface area (Å²) < 4.78 is 4.79. The van der Waals surface area contributed by atoms with Crippen LogP contribution >= 0.6 is 0 Å². The number of hydrogen-bond donors (Lipinski definition) is 3. The zero-order valence-corrected chi connectivity index (χ0v) is 12.0. The predicted octanol–water partition coefficient (Wildman–Crippen LogP) is -0.355. The summed E-state index contributed by atoms with van der Waals surface area (Å²) in [4.78, 5) is 34.6. The molecule has 0 heterocycles. The van der Waals surface area contributed by atoms with Crippen LogP contribution in [0.2, 0.25) is 0 Å². The monoisotopic (exact) mass is 289 g/mol. The molecule has 3 amide bonds. The van der Waals surface area contributed by atoms with Crippen LogP contribution in [0.4, 0.5) is 4.79 Å². The number of amides is 3. The van der Waals surface area contributed by atoms with Gasteiger partial charge in [0.2, 0.25) is 5.91 Å². The maximum atomic E-state index is 11.6. The van der Waals surface area contributed by atoms with Gasteiger partial charge >= 0.3 is 12.0 Å². The van der Waals surface area contributed by atoms with E-state index in [9.17, 15) is 14.4 Å². The second-order valence-corrected chi connectivity index (χ2v) is 4.28. The molecule has 116 valence electrons. The molecule has 0 aliphatic carbocycles. The van der Waals surface area contributed by atoms with Crippen molar-refractivity contribution in [2.45, 2.75) is 19.3 Å². The van der Waals surface area contributed by atoms with Crippen molar-refractivity contribution in [3.05, 3.63) is 0 Å². The van der Waals surface area contributed by atoms with Crippen molar-refractivity contribution >= 4 is 17.9 Å². The lowest BCUT2D eigenvalue weighted by Crippen LogP contribution is -2.44. The lowest BCUT2D eigenvalue weighted by Gasteiger charge is -2.17. The number of rotatable bonds is 10. The van der Waals surface area contributed by atoms with Crippen molar-refractivity contribution in [1.82, 2.24) is 15.5 Å². The highest BCUT2D eigenvalue weighted by Gasteiger charge is 2.11. The molecule has 0 fully saturated rings. The number of unbranched alkanes of at least 4 members (excludes halogenated alkanes) is 1. The van der Waals surface area contributed by atoms with Gasteiger partial charge in [-0.1, -0.05) is 0 Å². The maximum absolute atomic E-state index is 11.6. The molecule has 0 radical (unpaired) electrons. The van der Waals surface area contributed by atoms with Crippen LogP contribution in [0.3, 0.4) is 0 Å². The Morgan fingerprint density at radius 3 is 2.45 bits per heavy atom. The van der Waals surface area contributed by atoms with Crippen molar-refractivity contribution in [2.75, 3.05) is 40.4 Å². The van der Waals surface area contributed by atoms with Crippen LogP contribution in [-0.2, 0) is 14.3 Å². The van der Waals surface area contributed by atoms with Gasteiger partial charge in [-0.05, 0) is 12.8 Å². The highest BCUT2D eigenvalue weighted by molar-refractivity contribution is 5.83. The molecule has 3 N–H and O–H groups in total. The molecule has 8 heteroatoms. The third-order valence-corrected chi connectivity index (χ3v) is 2.45. The summed E-state index contributed by atoms with van der Waals surface area (Å²) in [5.74, 6) is -1.10. The van der Waals surface area contributed by atoms with Crippen LogP contribution in [0.5, 0.6) is 0 Å². The summed E-state index contributed by atoms with van der Waals surface area (Å²) in [5, 5.41) is 13.7. The zero-order chi connectivity index (χ0) is 15.4. The quantitative estimate of drug-likeness (QED) is 0.476. The van der Waals surface area contributed by atoms with Gasteiger partial charge in [-0.3, -0.25) is 9.59 Å². The number of carboxylic acid groups (broad SMARTS) is 1. The first kappa shape index (κ1) is 18.2. The number of carbonyl (C=O) groups is 3. The fourth-order valence-corrected chi connectivity index (χ4v) is 1.37. The lowest BCUT2D eigenvalue weighted by molar-refractivity contribution is -0.137. The minimum absolute atomic E-state index is 0.0370. The number of hydrogen-bond acceptors (Lipinski definition) is 4. The SMILES string of the molecule is COCCNC(=O)CN(C)C(=O)NCCCCC(=O)O. The number of aliphatic carboxylic acids is 1. The molecule has 20 heavy (non-hydrogen) atoms. The predicted molar refractivity (Wildman–Crippen MR) is 72.4 cm³/mol. The number of methoxy groups -OCH3 is 1. The lowest BCUT2D eigenvalue weighted by atomic mass is 10.2. The smallest absolute Gasteiger partial charge is 0.317 e. The molecular weight excluding hydrogens is 266 g/mol. The van der Waals surface area contributed by atoms with E-state index >= 15 is 0 Å². The Balaban J connectivity index is 3.69. The fraction of sp³-hybridized carbons (Fsp3) is 0.750. The van der Waals surface area contributed by atoms with Crippen LogP contribution < -0.4 is 10.6 Å². The normalized spacial score (nSPS) is 9.90. The molecule has 0 rings (SSSR count). The molecule has 0 saturated carbocycles. The van der Waals surface area contributed by atoms with Gasteiger partial charge in [0.25, 0.3) is 0 Å². The molecule has 0 unspecified atom stereocenters. The van der Waals surface area contributed by atoms with Gasteiger partial charge in [0.15, 0.2) is 0 Å². The number of nitrogens with zero attached hydrogens (tertiary/aromatic N) is 1. The average Bonchev–Trinajstić information content (AvgIpc) is 2.37. The Kier molecular flexibility index (Phi) is 10.0. The third-order valence-electron chi connectivity index (χ3n) is 2.45. The summed E-state index contributed by atoms with van der Waals surface area (Å²) in [6, 6.07) is -0.359. The van der Waals surface area contributed by atoms with E-state index in [-0.39, 0.29) is 24.9 Å². The number of carbonyl (C=O) groups excluding carboxylic acids is 2. The molecule has 0 aliphatic heterocycles. The van der Waals surface area contributed by atoms with Crippen LogP contribution in [0, 0.1) is 0 Å². The van der Waals surface area contributed by atoms with Crippen LogP contribution in [0.15, 0.2) is 0 Å². The summed E-state index contributed by atoms with van der Waals surface area (Å²) in [6.07, 6.45) is 1.19. The van der Waals surface area contributed by atoms with Crippen molar-refractivity contribution in [1.29, 1.82) is 0 Å². The van der Waals surface area contributed by atoms with E-state index in [4.69, 9.17) is 9.84 Å². The van der Waals surface area contributed by atoms with Crippen LogP contribution in [0.1, 0.15) is 19.3 Å². The van der Waals surface area contributed by atoms with E-state index in [2.05, 4.69) is 10.6 Å². The molecule has 0 atom stereocenters. The van der Waals surface area contributed by atoms with Gasteiger partial charge in [-0.25, -0.2) is 4.79 Å². The van der Waals surface area contributed by atoms with E-state index in [1.807, 2.05) is 0 Å². The van der Waals surface area contributed by atoms with Crippen molar-refractivity contribution in [3.8, 4) is 0 Å². The van der Waals surface area contributed by atoms with E-state index in [0.29, 0.717) is 32.5 Å². The summed E-state index contributed by atoms with van der Waals surface area (Å²) in [5.41, 5.74) is 0. The Morgan fingerprint density at radius 2 is 1.85 bits per heavy atom. The van der Waals surface area contributed by atoms with Crippen LogP contribution in [0.25, 0.3) is 0 Å². The molecule has 0 aromatic carbocycles. The molecule has 0 aromatic rings. The van der Waals surface area contributed by atoms with Crippen molar-refractivity contribution in [2.24, 2.45) is 0 Å². The first-order valence-corrected chi connectivity index (χ1v) is 6.43. The Hall–Kier alpha value is -1.83. The minimum atomic E-state index is -0.846. The summed E-state index contributed by atoms with van der Waals surface area (Å²) in [7, 11) is 3.05. The van der Waals surface area contributed by atoms with Crippen molar-refractivity contribution in [3.63, 3.8) is 0 Å². The Morgan fingerprint density at radius 1 is 1.15 bits per heavy atom. The molecule has 0 aromatic heterocycles. The number of urea groups is 1. The molecule has 0 aliphatic rings. The average molecular weight is 289 g/mol. The van der Waals surface area contributed by atoms with Gasteiger partial charge < -0.3 is 25.4 Å². The van der Waals surface area contributed by atoms with Gasteiger partial charge in [-0.2, -0.15) is 0 Å². The van der Waals surface area contributed by atoms with E-state index in [1.165, 1.54) is 19.1 Å². The number of carboxylic acids is 1. The number of likely N-dealkylation sites (N-methyl/N-ethyl adjacent to an activating group) is 1. The van der Waals surface area contributed by atoms with Gasteiger partial charge in [-0.15, -0.1) is 0 Å². The fourth-order valence-electron chi connectivity index (χ4n) is 1.37. The summed E-state index contributed by atoms with van der Waals surface area (Å²) >= 11 is 0. The molecular formula is C12H23N3O5. The second-order valence-electron chi connectivity index (χ2n) is 4.28. The van der Waals surface area contributed by atoms with E-state index < -0.39 is 5.97 Å². The van der Waals surface area contributed by atoms with Crippen LogP contribution in [-0.4, -0.2) is 68.3 Å². The third kappa shape index (κ3) is 10.1. The van der Waals surface area contributed by atoms with E-state index in [1.54, 1.807) is 0 Å². The first-order valence-electron chi connectivity index (χ1n) is 6.43. The standard InChI is InChI=1S/C12H23N3O5/c1-15(9-10(16)13-7-8-20-2)12(19)14-6-4-3-5-11(17)18/h3-9H2,1-2H3,(H,13,16)(H,14,19)(H,17,18). The van der Waals surface area contributed by atoms with E-state index in [0.717, 1.165) is 0 Å². The Bertz CT molecular complexity index is 322. The summed E-state index contributed by atoms with van der Waals surface area (Å²) in [6.45, 7) is 1.18. The van der Waals surface area contributed by atoms with Gasteiger partial charge in [0.1, 0.15) is 6.54 Å². The topological polar surface area (TPSA) is 108 Å². The van der Waals surface area contributed by atoms with Gasteiger partial charge in [0, 0.05) is 33.7 Å². The largest absolute Gasteiger partial charge is 0.481 e. The van der Waals surface area contributed by atoms with Gasteiger partial charge in [0.05, 0.1) is 6.61 Å². The number of ether oxygens (including phenoxy) is 1. The highest BCUT2D eigenvalue weighted by atomic mass is 16.5. The highest BCUT2D eigenvalue weighted by Crippen LogP contribution is 1.94. The minimum Gasteiger partial charge on any atom is -0.481 e. The zero-order valence-electron chi connectivity index (χ0n) is 12.0.